The van der Waals surface area contributed by atoms with E-state index in [2.05, 4.69) is 15.9 Å². The molecule has 1 heterocycles. The SMILES string of the molecule is Cc1cccc(N(C)C(=O)C2CC(=O)N(c3ccccc3Br)C2)c1. The molecule has 1 saturated heterocycles. The lowest BCUT2D eigenvalue weighted by molar-refractivity contribution is -0.124. The minimum Gasteiger partial charge on any atom is -0.315 e. The Balaban J connectivity index is 1.78. The van der Waals surface area contributed by atoms with Crippen LogP contribution in [-0.2, 0) is 9.59 Å². The third-order valence-electron chi connectivity index (χ3n) is 4.34. The highest BCUT2D eigenvalue weighted by Gasteiger charge is 2.37. The summed E-state index contributed by atoms with van der Waals surface area (Å²) in [5.41, 5.74) is 2.77. The van der Waals surface area contributed by atoms with Gasteiger partial charge in [0.1, 0.15) is 0 Å². The van der Waals surface area contributed by atoms with Crippen LogP contribution in [0.1, 0.15) is 12.0 Å². The molecule has 0 aliphatic carbocycles. The topological polar surface area (TPSA) is 40.6 Å². The average molecular weight is 387 g/mol. The molecular formula is C19H19BrN2O2. The summed E-state index contributed by atoms with van der Waals surface area (Å²) in [7, 11) is 1.77. The van der Waals surface area contributed by atoms with Crippen LogP contribution in [0.15, 0.2) is 53.0 Å². The summed E-state index contributed by atoms with van der Waals surface area (Å²) in [5.74, 6) is -0.364. The summed E-state index contributed by atoms with van der Waals surface area (Å²) in [4.78, 5) is 28.5. The molecule has 1 unspecified atom stereocenters. The second-order valence-corrected chi connectivity index (χ2v) is 6.95. The van der Waals surface area contributed by atoms with Crippen LogP contribution in [0.3, 0.4) is 0 Å². The number of carbonyl (C=O) groups is 2. The fraction of sp³-hybridized carbons (Fsp3) is 0.263. The van der Waals surface area contributed by atoms with Gasteiger partial charge in [0.25, 0.3) is 0 Å². The molecule has 2 aromatic carbocycles. The van der Waals surface area contributed by atoms with E-state index in [1.807, 2.05) is 55.5 Å². The van der Waals surface area contributed by atoms with Crippen molar-refractivity contribution in [2.24, 2.45) is 5.92 Å². The lowest BCUT2D eigenvalue weighted by atomic mass is 10.1. The largest absolute Gasteiger partial charge is 0.315 e. The lowest BCUT2D eigenvalue weighted by Gasteiger charge is -2.22. The second kappa shape index (κ2) is 6.77. The van der Waals surface area contributed by atoms with Crippen LogP contribution in [0.5, 0.6) is 0 Å². The Kier molecular flexibility index (Phi) is 4.71. The normalized spacial score (nSPS) is 17.2. The molecule has 0 spiro atoms. The van der Waals surface area contributed by atoms with E-state index in [1.54, 1.807) is 16.8 Å². The molecule has 0 bridgehead atoms. The van der Waals surface area contributed by atoms with E-state index in [4.69, 9.17) is 0 Å². The van der Waals surface area contributed by atoms with Gasteiger partial charge in [-0.2, -0.15) is 0 Å². The first-order chi connectivity index (χ1) is 11.5. The van der Waals surface area contributed by atoms with E-state index in [0.717, 1.165) is 21.4 Å². The third kappa shape index (κ3) is 3.22. The van der Waals surface area contributed by atoms with Gasteiger partial charge in [0, 0.05) is 30.2 Å². The summed E-state index contributed by atoms with van der Waals surface area (Å²) in [6.45, 7) is 2.41. The van der Waals surface area contributed by atoms with Crippen molar-refractivity contribution in [3.63, 3.8) is 0 Å². The van der Waals surface area contributed by atoms with Crippen molar-refractivity contribution in [2.75, 3.05) is 23.4 Å². The van der Waals surface area contributed by atoms with Gasteiger partial charge >= 0.3 is 0 Å². The van der Waals surface area contributed by atoms with E-state index in [-0.39, 0.29) is 24.2 Å². The highest BCUT2D eigenvalue weighted by molar-refractivity contribution is 9.10. The number of benzene rings is 2. The number of hydrogen-bond donors (Lipinski definition) is 0. The van der Waals surface area contributed by atoms with Crippen molar-refractivity contribution >= 4 is 39.1 Å². The summed E-state index contributed by atoms with van der Waals surface area (Å²) >= 11 is 3.48. The smallest absolute Gasteiger partial charge is 0.232 e. The van der Waals surface area contributed by atoms with Crippen molar-refractivity contribution in [1.29, 1.82) is 0 Å². The van der Waals surface area contributed by atoms with Gasteiger partial charge in [-0.15, -0.1) is 0 Å². The Bertz CT molecular complexity index is 790. The standard InChI is InChI=1S/C19H19BrN2O2/c1-13-6-5-7-15(10-13)21(2)19(24)14-11-18(23)22(12-14)17-9-4-3-8-16(17)20/h3-10,14H,11-12H2,1-2H3. The monoisotopic (exact) mass is 386 g/mol. The number of rotatable bonds is 3. The molecule has 1 fully saturated rings. The second-order valence-electron chi connectivity index (χ2n) is 6.09. The van der Waals surface area contributed by atoms with Crippen molar-refractivity contribution in [3.05, 3.63) is 58.6 Å². The minimum atomic E-state index is -0.324. The van der Waals surface area contributed by atoms with Crippen molar-refractivity contribution in [3.8, 4) is 0 Å². The highest BCUT2D eigenvalue weighted by Crippen LogP contribution is 2.32. The maximum Gasteiger partial charge on any atom is 0.232 e. The number of anilines is 2. The Morgan fingerprint density at radius 1 is 1.21 bits per heavy atom. The van der Waals surface area contributed by atoms with E-state index in [1.165, 1.54) is 0 Å². The molecule has 124 valence electrons. The molecule has 4 nitrogen and oxygen atoms in total. The quantitative estimate of drug-likeness (QED) is 0.805. The highest BCUT2D eigenvalue weighted by atomic mass is 79.9. The zero-order valence-corrected chi connectivity index (χ0v) is 15.3. The first-order valence-corrected chi connectivity index (χ1v) is 8.66. The summed E-state index contributed by atoms with van der Waals surface area (Å²) < 4.78 is 0.860. The Morgan fingerprint density at radius 3 is 2.67 bits per heavy atom. The number of nitrogens with zero attached hydrogens (tertiary/aromatic N) is 2. The molecule has 5 heteroatoms. The molecule has 1 atom stereocenters. The van der Waals surface area contributed by atoms with Gasteiger partial charge in [-0.25, -0.2) is 0 Å². The summed E-state index contributed by atoms with van der Waals surface area (Å²) in [6, 6.07) is 15.4. The Hall–Kier alpha value is -2.14. The first kappa shape index (κ1) is 16.7. The van der Waals surface area contributed by atoms with Crippen molar-refractivity contribution in [2.45, 2.75) is 13.3 Å². The summed E-state index contributed by atoms with van der Waals surface area (Å²) in [5, 5.41) is 0. The number of aryl methyl sites for hydroxylation is 1. The Labute approximate surface area is 150 Å². The van der Waals surface area contributed by atoms with Crippen LogP contribution in [0.25, 0.3) is 0 Å². The lowest BCUT2D eigenvalue weighted by Crippen LogP contribution is -2.34. The van der Waals surface area contributed by atoms with E-state index in [0.29, 0.717) is 6.54 Å². The van der Waals surface area contributed by atoms with Crippen LogP contribution in [0.4, 0.5) is 11.4 Å². The van der Waals surface area contributed by atoms with Gasteiger partial charge in [-0.3, -0.25) is 9.59 Å². The molecule has 0 N–H and O–H groups in total. The number of hydrogen-bond acceptors (Lipinski definition) is 2. The molecular weight excluding hydrogens is 368 g/mol. The van der Waals surface area contributed by atoms with Gasteiger partial charge in [0.2, 0.25) is 11.8 Å². The molecule has 1 aliphatic rings. The molecule has 2 aromatic rings. The first-order valence-electron chi connectivity index (χ1n) is 7.86. The third-order valence-corrected chi connectivity index (χ3v) is 5.01. The predicted molar refractivity (Wildman–Crippen MR) is 99.2 cm³/mol. The molecule has 0 saturated carbocycles. The predicted octanol–water partition coefficient (Wildman–Crippen LogP) is 3.77. The number of halogens is 1. The maximum absolute atomic E-state index is 12.8. The molecule has 3 rings (SSSR count). The number of carbonyl (C=O) groups excluding carboxylic acids is 2. The van der Waals surface area contributed by atoms with Crippen molar-refractivity contribution < 1.29 is 9.59 Å². The fourth-order valence-corrected chi connectivity index (χ4v) is 3.51. The van der Waals surface area contributed by atoms with Crippen LogP contribution in [0.2, 0.25) is 0 Å². The minimum absolute atomic E-state index is 0.0158. The van der Waals surface area contributed by atoms with E-state index < -0.39 is 0 Å². The maximum atomic E-state index is 12.8. The molecule has 2 amide bonds. The number of para-hydroxylation sites is 1. The molecule has 0 radical (unpaired) electrons. The van der Waals surface area contributed by atoms with Crippen LogP contribution in [-0.4, -0.2) is 25.4 Å². The average Bonchev–Trinajstić information content (AvgIpc) is 2.95. The Morgan fingerprint density at radius 2 is 1.96 bits per heavy atom. The van der Waals surface area contributed by atoms with Gasteiger partial charge in [0.15, 0.2) is 0 Å². The van der Waals surface area contributed by atoms with Crippen LogP contribution < -0.4 is 9.80 Å². The van der Waals surface area contributed by atoms with Gasteiger partial charge in [-0.1, -0.05) is 24.3 Å². The van der Waals surface area contributed by atoms with Gasteiger partial charge in [-0.05, 0) is 52.7 Å². The van der Waals surface area contributed by atoms with E-state index >= 15 is 0 Å². The summed E-state index contributed by atoms with van der Waals surface area (Å²) in [6.07, 6.45) is 0.246. The van der Waals surface area contributed by atoms with Gasteiger partial charge in [0.05, 0.1) is 11.6 Å². The van der Waals surface area contributed by atoms with Crippen molar-refractivity contribution in [1.82, 2.24) is 0 Å². The molecule has 24 heavy (non-hydrogen) atoms. The molecule has 1 aliphatic heterocycles. The van der Waals surface area contributed by atoms with Crippen LogP contribution >= 0.6 is 15.9 Å². The zero-order chi connectivity index (χ0) is 17.3. The zero-order valence-electron chi connectivity index (χ0n) is 13.7. The van der Waals surface area contributed by atoms with E-state index in [9.17, 15) is 9.59 Å². The number of amides is 2. The van der Waals surface area contributed by atoms with Crippen LogP contribution in [0, 0.1) is 12.8 Å². The molecule has 0 aromatic heterocycles. The fourth-order valence-electron chi connectivity index (χ4n) is 3.01. The van der Waals surface area contributed by atoms with Gasteiger partial charge < -0.3 is 9.80 Å².